The molecule has 1 amide bonds. The van der Waals surface area contributed by atoms with Crippen molar-refractivity contribution >= 4 is 17.7 Å². The molecule has 1 fully saturated rings. The van der Waals surface area contributed by atoms with Crippen LogP contribution < -0.4 is 0 Å². The van der Waals surface area contributed by atoms with Gasteiger partial charge in [0.05, 0.1) is 12.3 Å². The minimum absolute atomic E-state index is 0.0955. The Hall–Kier alpha value is -2.67. The average molecular weight is 453 g/mol. The first-order valence-corrected chi connectivity index (χ1v) is 12.2. The zero-order chi connectivity index (χ0) is 22.3. The van der Waals surface area contributed by atoms with Gasteiger partial charge in [-0.3, -0.25) is 4.79 Å². The normalized spacial score (nSPS) is 14.4. The quantitative estimate of drug-likeness (QED) is 0.439. The van der Waals surface area contributed by atoms with Crippen LogP contribution in [0.1, 0.15) is 49.1 Å². The van der Waals surface area contributed by atoms with E-state index in [0.29, 0.717) is 18.8 Å². The van der Waals surface area contributed by atoms with E-state index in [4.69, 9.17) is 0 Å². The van der Waals surface area contributed by atoms with E-state index in [-0.39, 0.29) is 17.8 Å². The average Bonchev–Trinajstić information content (AvgIpc) is 3.17. The molecule has 1 saturated carbocycles. The van der Waals surface area contributed by atoms with Gasteiger partial charge in [0.25, 0.3) is 0 Å². The molecule has 0 saturated heterocycles. The monoisotopic (exact) mass is 452 g/mol. The van der Waals surface area contributed by atoms with Gasteiger partial charge in [-0.25, -0.2) is 4.39 Å². The predicted octanol–water partition coefficient (Wildman–Crippen LogP) is 5.23. The summed E-state index contributed by atoms with van der Waals surface area (Å²) in [5, 5.41) is 9.30. The maximum atomic E-state index is 13.3. The van der Waals surface area contributed by atoms with Crippen LogP contribution in [0.15, 0.2) is 59.8 Å². The van der Waals surface area contributed by atoms with Gasteiger partial charge < -0.3 is 9.47 Å². The summed E-state index contributed by atoms with van der Waals surface area (Å²) < 4.78 is 15.4. The summed E-state index contributed by atoms with van der Waals surface area (Å²) in [5.74, 6) is 0.982. The molecule has 5 nitrogen and oxygen atoms in total. The third-order valence-electron chi connectivity index (χ3n) is 6.01. The van der Waals surface area contributed by atoms with Crippen molar-refractivity contribution in [1.82, 2.24) is 19.7 Å². The summed E-state index contributed by atoms with van der Waals surface area (Å²) >= 11 is 1.44. The number of carbonyl (C=O) groups is 1. The van der Waals surface area contributed by atoms with Gasteiger partial charge in [-0.1, -0.05) is 73.5 Å². The molecule has 7 heteroatoms. The van der Waals surface area contributed by atoms with Crippen LogP contribution in [0.25, 0.3) is 0 Å². The molecule has 1 heterocycles. The molecule has 0 spiro atoms. The first kappa shape index (κ1) is 22.5. The molecular formula is C25H29FN4OS. The smallest absolute Gasteiger partial charge is 0.233 e. The lowest BCUT2D eigenvalue weighted by Gasteiger charge is -2.34. The number of hydrogen-bond acceptors (Lipinski definition) is 4. The molecule has 1 aliphatic carbocycles. The van der Waals surface area contributed by atoms with Gasteiger partial charge in [-0.2, -0.15) is 0 Å². The number of nitrogens with zero attached hydrogens (tertiary/aromatic N) is 4. The van der Waals surface area contributed by atoms with E-state index in [1.165, 1.54) is 35.9 Å². The van der Waals surface area contributed by atoms with E-state index in [1.54, 1.807) is 12.1 Å². The molecule has 0 radical (unpaired) electrons. The van der Waals surface area contributed by atoms with Gasteiger partial charge in [0.15, 0.2) is 5.16 Å². The Morgan fingerprint density at radius 3 is 2.47 bits per heavy atom. The number of benzene rings is 2. The number of amides is 1. The highest BCUT2D eigenvalue weighted by Gasteiger charge is 2.26. The van der Waals surface area contributed by atoms with Crippen molar-refractivity contribution in [3.8, 4) is 0 Å². The fourth-order valence-electron chi connectivity index (χ4n) is 4.23. The minimum Gasteiger partial charge on any atom is -0.335 e. The van der Waals surface area contributed by atoms with Crippen molar-refractivity contribution in [2.24, 2.45) is 0 Å². The molecule has 1 aromatic heterocycles. The second kappa shape index (κ2) is 10.8. The molecule has 0 bridgehead atoms. The Balaban J connectivity index is 1.45. The third kappa shape index (κ3) is 5.76. The molecule has 168 valence electrons. The van der Waals surface area contributed by atoms with Crippen LogP contribution in [0.4, 0.5) is 4.39 Å². The number of hydrogen-bond donors (Lipinski definition) is 0. The zero-order valence-electron chi connectivity index (χ0n) is 18.4. The van der Waals surface area contributed by atoms with Gasteiger partial charge >= 0.3 is 0 Å². The first-order valence-electron chi connectivity index (χ1n) is 11.2. The maximum absolute atomic E-state index is 13.3. The summed E-state index contributed by atoms with van der Waals surface area (Å²) in [4.78, 5) is 15.3. The van der Waals surface area contributed by atoms with Crippen molar-refractivity contribution in [3.05, 3.63) is 77.4 Å². The molecule has 0 N–H and O–H groups in total. The van der Waals surface area contributed by atoms with Crippen molar-refractivity contribution < 1.29 is 9.18 Å². The Bertz CT molecular complexity index is 1020. The van der Waals surface area contributed by atoms with Crippen LogP contribution >= 0.6 is 11.8 Å². The summed E-state index contributed by atoms with van der Waals surface area (Å²) in [5.41, 5.74) is 2.13. The highest BCUT2D eigenvalue weighted by Crippen LogP contribution is 2.26. The van der Waals surface area contributed by atoms with Crippen molar-refractivity contribution in [2.45, 2.75) is 63.3 Å². The van der Waals surface area contributed by atoms with Crippen LogP contribution in [0.5, 0.6) is 0 Å². The zero-order valence-corrected chi connectivity index (χ0v) is 19.2. The molecule has 3 aromatic rings. The van der Waals surface area contributed by atoms with Crippen molar-refractivity contribution in [2.75, 3.05) is 5.75 Å². The number of thioether (sulfide) groups is 1. The Kier molecular flexibility index (Phi) is 7.58. The molecule has 0 atom stereocenters. The predicted molar refractivity (Wildman–Crippen MR) is 125 cm³/mol. The molecule has 1 aliphatic rings. The molecular weight excluding hydrogens is 423 g/mol. The largest absolute Gasteiger partial charge is 0.335 e. The third-order valence-corrected chi connectivity index (χ3v) is 6.96. The number of carbonyl (C=O) groups excluding carboxylic acids is 1. The van der Waals surface area contributed by atoms with E-state index in [0.717, 1.165) is 42.2 Å². The summed E-state index contributed by atoms with van der Waals surface area (Å²) in [7, 11) is 0. The van der Waals surface area contributed by atoms with Crippen LogP contribution in [-0.4, -0.2) is 37.4 Å². The lowest BCUT2D eigenvalue weighted by Crippen LogP contribution is -2.42. The number of halogens is 1. The Labute approximate surface area is 193 Å². The summed E-state index contributed by atoms with van der Waals surface area (Å²) in [6.45, 7) is 3.13. The maximum Gasteiger partial charge on any atom is 0.233 e. The second-order valence-corrected chi connectivity index (χ2v) is 9.27. The topological polar surface area (TPSA) is 51.0 Å². The Morgan fingerprint density at radius 1 is 1.03 bits per heavy atom. The molecule has 0 unspecified atom stereocenters. The van der Waals surface area contributed by atoms with Gasteiger partial charge in [0.1, 0.15) is 11.6 Å². The lowest BCUT2D eigenvalue weighted by molar-refractivity contribution is -0.132. The molecule has 2 aromatic carbocycles. The van der Waals surface area contributed by atoms with Crippen LogP contribution in [0.3, 0.4) is 0 Å². The summed E-state index contributed by atoms with van der Waals surface area (Å²) in [6, 6.07) is 16.9. The van der Waals surface area contributed by atoms with Gasteiger partial charge in [0.2, 0.25) is 5.91 Å². The van der Waals surface area contributed by atoms with E-state index >= 15 is 0 Å². The Morgan fingerprint density at radius 2 is 1.75 bits per heavy atom. The number of aryl methyl sites for hydroxylation is 1. The molecule has 0 aliphatic heterocycles. The standard InChI is InChI=1S/C25H29FN4OS/c1-19-27-28-25(29(19)16-20-8-4-2-5-9-20)32-18-24(31)30(23-10-6-3-7-11-23)17-21-12-14-22(26)15-13-21/h2,4-5,8-9,12-15,23H,3,6-7,10-11,16-18H2,1H3. The van der Waals surface area contributed by atoms with Gasteiger partial charge in [-0.05, 0) is 43.0 Å². The second-order valence-electron chi connectivity index (χ2n) is 8.33. The minimum atomic E-state index is -0.257. The fraction of sp³-hybridized carbons (Fsp3) is 0.400. The van der Waals surface area contributed by atoms with E-state index < -0.39 is 0 Å². The van der Waals surface area contributed by atoms with Crippen molar-refractivity contribution in [3.63, 3.8) is 0 Å². The van der Waals surface area contributed by atoms with Crippen molar-refractivity contribution in [1.29, 1.82) is 0 Å². The molecule has 4 rings (SSSR count). The van der Waals surface area contributed by atoms with E-state index in [9.17, 15) is 9.18 Å². The summed E-state index contributed by atoms with van der Waals surface area (Å²) in [6.07, 6.45) is 5.58. The van der Waals surface area contributed by atoms with Gasteiger partial charge in [-0.15, -0.1) is 10.2 Å². The van der Waals surface area contributed by atoms with Crippen LogP contribution in [0.2, 0.25) is 0 Å². The van der Waals surface area contributed by atoms with Crippen LogP contribution in [-0.2, 0) is 17.9 Å². The van der Waals surface area contributed by atoms with Crippen LogP contribution in [0, 0.1) is 12.7 Å². The number of aromatic nitrogens is 3. The van der Waals surface area contributed by atoms with Gasteiger partial charge in [0, 0.05) is 12.6 Å². The first-order chi connectivity index (χ1) is 15.6. The van der Waals surface area contributed by atoms with E-state index in [2.05, 4.69) is 26.9 Å². The molecule has 32 heavy (non-hydrogen) atoms. The highest BCUT2D eigenvalue weighted by molar-refractivity contribution is 7.99. The SMILES string of the molecule is Cc1nnc(SCC(=O)N(Cc2ccc(F)cc2)C2CCCCC2)n1Cc1ccccc1. The number of rotatable bonds is 8. The van der Waals surface area contributed by atoms with E-state index in [1.807, 2.05) is 30.0 Å². The highest BCUT2D eigenvalue weighted by atomic mass is 32.2. The lowest BCUT2D eigenvalue weighted by atomic mass is 9.94. The fourth-order valence-corrected chi connectivity index (χ4v) is 5.10.